The molecule has 3 aromatic rings. The van der Waals surface area contributed by atoms with E-state index in [-0.39, 0.29) is 11.3 Å². The molecule has 182 valence electrons. The molecule has 2 aliphatic heterocycles. The van der Waals surface area contributed by atoms with Crippen LogP contribution in [0.25, 0.3) is 28.1 Å². The Hall–Kier alpha value is -2.83. The molecule has 3 heterocycles. The first kappa shape index (κ1) is 22.6. The van der Waals surface area contributed by atoms with Gasteiger partial charge in [0.05, 0.1) is 24.0 Å². The molecular weight excluding hydrogens is 460 g/mol. The number of nitrogens with zero attached hydrogens (tertiary/aromatic N) is 2. The molecule has 0 radical (unpaired) electrons. The maximum absolute atomic E-state index is 12.7. The zero-order valence-corrected chi connectivity index (χ0v) is 20.8. The first-order valence-corrected chi connectivity index (χ1v) is 13.1. The van der Waals surface area contributed by atoms with Gasteiger partial charge < -0.3 is 19.9 Å². The van der Waals surface area contributed by atoms with Crippen molar-refractivity contribution in [3.63, 3.8) is 0 Å². The van der Waals surface area contributed by atoms with Gasteiger partial charge in [0.15, 0.2) is 0 Å². The lowest BCUT2D eigenvalue weighted by molar-refractivity contribution is 0.0951. The van der Waals surface area contributed by atoms with Crippen molar-refractivity contribution in [2.75, 3.05) is 33.3 Å². The third-order valence-corrected chi connectivity index (χ3v) is 7.63. The lowest BCUT2D eigenvalue weighted by Gasteiger charge is -2.28. The highest BCUT2D eigenvalue weighted by Gasteiger charge is 2.24. The maximum atomic E-state index is 12.7. The molecule has 2 N–H and O–H groups in total. The fraction of sp³-hybridized carbons (Fsp3) is 0.429. The van der Waals surface area contributed by atoms with Gasteiger partial charge >= 0.3 is 0 Å². The normalized spacial score (nSPS) is 20.7. The third-order valence-electron chi connectivity index (χ3n) is 7.37. The average molecular weight is 491 g/mol. The Labute approximate surface area is 210 Å². The van der Waals surface area contributed by atoms with Gasteiger partial charge in [-0.1, -0.05) is 18.2 Å². The molecule has 35 heavy (non-hydrogen) atoms. The van der Waals surface area contributed by atoms with Crippen molar-refractivity contribution in [3.8, 4) is 16.9 Å². The number of halogens is 1. The molecule has 6 nitrogen and oxygen atoms in total. The van der Waals surface area contributed by atoms with E-state index in [0.717, 1.165) is 77.3 Å². The largest absolute Gasteiger partial charge is 0.491 e. The van der Waals surface area contributed by atoms with Crippen LogP contribution < -0.4 is 20.8 Å². The van der Waals surface area contributed by atoms with Crippen molar-refractivity contribution in [3.05, 3.63) is 52.7 Å². The van der Waals surface area contributed by atoms with Gasteiger partial charge in [0, 0.05) is 22.2 Å². The fourth-order valence-electron chi connectivity index (χ4n) is 5.11. The number of nitrogens with one attached hydrogen (secondary N) is 2. The first-order valence-electron chi connectivity index (χ1n) is 12.6. The number of rotatable bonds is 6. The van der Waals surface area contributed by atoms with E-state index in [1.165, 1.54) is 0 Å². The van der Waals surface area contributed by atoms with Crippen molar-refractivity contribution < 1.29 is 9.53 Å². The highest BCUT2D eigenvalue weighted by Crippen LogP contribution is 2.33. The lowest BCUT2D eigenvalue weighted by Crippen LogP contribution is -2.32. The molecule has 2 fully saturated rings. The lowest BCUT2D eigenvalue weighted by atomic mass is 9.97. The Bertz CT molecular complexity index is 1390. The summed E-state index contributed by atoms with van der Waals surface area (Å²) >= 11 is 6.48. The number of hydrogen-bond acceptors (Lipinski definition) is 4. The average Bonchev–Trinajstić information content (AvgIpc) is 3.61. The van der Waals surface area contributed by atoms with Gasteiger partial charge in [0.2, 0.25) is 0 Å². The van der Waals surface area contributed by atoms with E-state index >= 15 is 0 Å². The van der Waals surface area contributed by atoms with Crippen molar-refractivity contribution in [2.45, 2.75) is 37.1 Å². The van der Waals surface area contributed by atoms with Gasteiger partial charge in [-0.2, -0.15) is 0 Å². The number of aromatic amines is 1. The number of piperidine rings is 1. The topological polar surface area (TPSA) is 69.7 Å². The van der Waals surface area contributed by atoms with Crippen LogP contribution in [0.1, 0.15) is 36.0 Å². The number of aromatic nitrogens is 1. The molecular formula is C28H31ClN4O2. The van der Waals surface area contributed by atoms with Crippen LogP contribution >= 0.6 is 11.6 Å². The summed E-state index contributed by atoms with van der Waals surface area (Å²) in [5.74, 6) is 1.40. The maximum Gasteiger partial charge on any atom is 0.251 e. The SMILES string of the molecule is CN1CCC(COc2ccc(-c3cccc(C(=O)NC4CC4)c3)c3c4c([nH]c23)=NCC(Cl)C=4)CC1. The van der Waals surface area contributed by atoms with Crippen LogP contribution in [0.2, 0.25) is 0 Å². The highest BCUT2D eigenvalue weighted by atomic mass is 35.5. The number of H-pyrrole nitrogens is 1. The van der Waals surface area contributed by atoms with Crippen LogP contribution in [-0.2, 0) is 0 Å². The standard InChI is InChI=1S/C28H31ClN4O2/c1-33-11-9-17(10-12-33)16-35-24-8-7-22(25-23-14-20(29)15-30-27(23)32-26(24)25)18-3-2-4-19(13-18)28(34)31-21-5-6-21/h2-4,7-8,13-14,17,20-21H,5-6,9-12,15-16H2,1H3,(H,30,32)(H,31,34). The molecule has 2 aromatic carbocycles. The summed E-state index contributed by atoms with van der Waals surface area (Å²) in [6.07, 6.45) is 6.53. The van der Waals surface area contributed by atoms with Gasteiger partial charge in [-0.05, 0) is 87.1 Å². The predicted octanol–water partition coefficient (Wildman–Crippen LogP) is 3.47. The van der Waals surface area contributed by atoms with Crippen molar-refractivity contribution in [2.24, 2.45) is 10.9 Å². The number of carbonyl (C=O) groups is 1. The fourth-order valence-corrected chi connectivity index (χ4v) is 5.31. The van der Waals surface area contributed by atoms with E-state index in [2.05, 4.69) is 45.4 Å². The minimum Gasteiger partial charge on any atom is -0.491 e. The highest BCUT2D eigenvalue weighted by molar-refractivity contribution is 6.24. The van der Waals surface area contributed by atoms with E-state index in [9.17, 15) is 4.79 Å². The van der Waals surface area contributed by atoms with E-state index in [0.29, 0.717) is 30.7 Å². The number of ether oxygens (including phenoxy) is 1. The number of carbonyl (C=O) groups excluding carboxylic acids is 1. The number of amides is 1. The van der Waals surface area contributed by atoms with Crippen LogP contribution in [0.5, 0.6) is 5.75 Å². The van der Waals surface area contributed by atoms with Gasteiger partial charge in [0.1, 0.15) is 11.2 Å². The molecule has 1 amide bonds. The molecule has 1 saturated heterocycles. The zero-order chi connectivity index (χ0) is 23.9. The van der Waals surface area contributed by atoms with Gasteiger partial charge in [-0.25, -0.2) is 0 Å². The summed E-state index contributed by atoms with van der Waals surface area (Å²) in [6.45, 7) is 3.50. The molecule has 7 heteroatoms. The predicted molar refractivity (Wildman–Crippen MR) is 140 cm³/mol. The third kappa shape index (κ3) is 4.69. The molecule has 1 atom stereocenters. The summed E-state index contributed by atoms with van der Waals surface area (Å²) in [6, 6.07) is 12.3. The Balaban J connectivity index is 1.39. The van der Waals surface area contributed by atoms with E-state index in [1.54, 1.807) is 0 Å². The molecule has 1 aliphatic carbocycles. The molecule has 0 bridgehead atoms. The molecule has 0 spiro atoms. The van der Waals surface area contributed by atoms with E-state index < -0.39 is 0 Å². The molecule has 1 saturated carbocycles. The Morgan fingerprint density at radius 1 is 1.20 bits per heavy atom. The molecule has 1 aromatic heterocycles. The van der Waals surface area contributed by atoms with Crippen LogP contribution in [0.3, 0.4) is 0 Å². The van der Waals surface area contributed by atoms with Crippen LogP contribution in [-0.4, -0.2) is 60.5 Å². The van der Waals surface area contributed by atoms with Crippen LogP contribution in [0, 0.1) is 5.92 Å². The molecule has 1 unspecified atom stereocenters. The monoisotopic (exact) mass is 490 g/mol. The van der Waals surface area contributed by atoms with E-state index in [1.807, 2.05) is 24.3 Å². The zero-order valence-electron chi connectivity index (χ0n) is 20.0. The number of likely N-dealkylation sites (tertiary alicyclic amines) is 1. The van der Waals surface area contributed by atoms with Gasteiger partial charge in [-0.3, -0.25) is 9.79 Å². The quantitative estimate of drug-likeness (QED) is 0.520. The Kier molecular flexibility index (Phi) is 6.02. The van der Waals surface area contributed by atoms with Gasteiger partial charge in [-0.15, -0.1) is 11.6 Å². The minimum atomic E-state index is -0.145. The first-order chi connectivity index (χ1) is 17.0. The second-order valence-corrected chi connectivity index (χ2v) is 10.7. The molecule has 6 rings (SSSR count). The second kappa shape index (κ2) is 9.32. The number of benzene rings is 2. The Morgan fingerprint density at radius 2 is 2.03 bits per heavy atom. The minimum absolute atomic E-state index is 0.0119. The van der Waals surface area contributed by atoms with Crippen molar-refractivity contribution >= 4 is 34.5 Å². The number of alkyl halides is 1. The van der Waals surface area contributed by atoms with Crippen LogP contribution in [0.15, 0.2) is 41.4 Å². The number of fused-ring (bicyclic) bond motifs is 3. The summed E-state index contributed by atoms with van der Waals surface area (Å²) in [4.78, 5) is 23.3. The van der Waals surface area contributed by atoms with Crippen molar-refractivity contribution in [1.29, 1.82) is 0 Å². The summed E-state index contributed by atoms with van der Waals surface area (Å²) in [5.41, 5.74) is 4.50. The smallest absolute Gasteiger partial charge is 0.251 e. The van der Waals surface area contributed by atoms with Crippen molar-refractivity contribution in [1.82, 2.24) is 15.2 Å². The molecule has 3 aliphatic rings. The second-order valence-electron chi connectivity index (χ2n) is 10.2. The summed E-state index contributed by atoms with van der Waals surface area (Å²) < 4.78 is 6.40. The number of hydrogen-bond donors (Lipinski definition) is 2. The van der Waals surface area contributed by atoms with Gasteiger partial charge in [0.25, 0.3) is 5.91 Å². The summed E-state index contributed by atoms with van der Waals surface area (Å²) in [5, 5.41) is 5.01. The van der Waals surface area contributed by atoms with E-state index in [4.69, 9.17) is 16.3 Å². The summed E-state index contributed by atoms with van der Waals surface area (Å²) in [7, 11) is 2.18. The van der Waals surface area contributed by atoms with Crippen LogP contribution in [0.4, 0.5) is 0 Å². The Morgan fingerprint density at radius 3 is 2.83 bits per heavy atom.